The minimum absolute atomic E-state index is 0.0490. The van der Waals surface area contributed by atoms with Crippen LogP contribution in [0.25, 0.3) is 0 Å². The number of unbranched alkanes of at least 4 members (excludes halogenated alkanes) is 35. The minimum Gasteiger partial charge on any atom is -0.462 e. The molecule has 0 aliphatic rings. The van der Waals surface area contributed by atoms with Gasteiger partial charge in [0.25, 0.3) is 0 Å². The summed E-state index contributed by atoms with van der Waals surface area (Å²) in [5, 5.41) is 0. The van der Waals surface area contributed by atoms with Crippen LogP contribution < -0.4 is 5.73 Å². The standard InChI is InChI=1S/C93H156NO8P/c1-3-5-7-9-11-13-15-17-19-21-23-25-27-29-31-33-35-37-39-41-43-45-47-49-51-53-55-57-59-61-63-65-67-69-71-73-75-77-79-81-83-85-92(95)99-89-91(90-101-103(97,98)100-88-87-94)102-93(96)86-84-82-80-78-76-74-72-70-68-66-64-62-60-58-56-54-52-50-48-46-44-42-40-38-36-34-32-30-28-26-24-22-20-18-16-14-12-10-8-6-4-2/h5-8,11-14,17-20,23-26,29-32,35-38,41-44,48,50,91H,3-4,9-10,15-16,21-22,27-28,33-34,39-40,45-47,49,51-90,94H2,1-2H3,(H,97,98)/b7-5-,8-6-,13-11-,14-12-,19-17-,20-18-,25-23-,26-24-,31-29-,32-30-,37-35-,38-36-,43-41-,44-42-,50-48-. The van der Waals surface area contributed by atoms with Crippen LogP contribution in [-0.2, 0) is 32.7 Å². The number of carbonyl (C=O) groups is 2. The minimum atomic E-state index is -4.41. The maximum atomic E-state index is 12.8. The van der Waals surface area contributed by atoms with Gasteiger partial charge in [-0.05, 0) is 135 Å². The molecule has 586 valence electrons. The Balaban J connectivity index is 3.82. The molecule has 2 atom stereocenters. The molecule has 0 heterocycles. The molecule has 0 aromatic heterocycles. The van der Waals surface area contributed by atoms with E-state index < -0.39 is 26.5 Å². The van der Waals surface area contributed by atoms with Crippen molar-refractivity contribution in [2.45, 2.75) is 367 Å². The number of hydrogen-bond donors (Lipinski definition) is 2. The molecule has 9 nitrogen and oxygen atoms in total. The SMILES string of the molecule is CC/C=C\C/C=C\C/C=C\C/C=C\C/C=C\C/C=C\C/C=C\C/C=C\CCCCCCCCCCCCCCCCCCC(=O)OC(COC(=O)CCCCCCCCCCCCCCCCCCCCC/C=C\C/C=C\C/C=C\C/C=C\C/C=C\C/C=C\C/C=C\CC)COP(=O)(O)OCCN. The van der Waals surface area contributed by atoms with Crippen LogP contribution >= 0.6 is 7.82 Å². The fourth-order valence-corrected chi connectivity index (χ4v) is 12.4. The van der Waals surface area contributed by atoms with Gasteiger partial charge in [-0.2, -0.15) is 0 Å². The van der Waals surface area contributed by atoms with Crippen LogP contribution in [0.5, 0.6) is 0 Å². The van der Waals surface area contributed by atoms with Crippen LogP contribution in [0.15, 0.2) is 182 Å². The molecule has 0 saturated heterocycles. The quantitative estimate of drug-likeness (QED) is 0.0264. The summed E-state index contributed by atoms with van der Waals surface area (Å²) < 4.78 is 33.3. The molecule has 0 fully saturated rings. The van der Waals surface area contributed by atoms with Gasteiger partial charge in [0, 0.05) is 19.4 Å². The van der Waals surface area contributed by atoms with Gasteiger partial charge in [-0.25, -0.2) is 4.57 Å². The highest BCUT2D eigenvalue weighted by atomic mass is 31.2. The second-order valence-electron chi connectivity index (χ2n) is 27.6. The first-order chi connectivity index (χ1) is 50.8. The average molecular weight is 1450 g/mol. The van der Waals surface area contributed by atoms with Gasteiger partial charge in [0.15, 0.2) is 6.10 Å². The lowest BCUT2D eigenvalue weighted by Gasteiger charge is -2.19. The highest BCUT2D eigenvalue weighted by Gasteiger charge is 2.26. The van der Waals surface area contributed by atoms with Crippen LogP contribution in [0.4, 0.5) is 0 Å². The number of nitrogens with two attached hydrogens (primary N) is 1. The van der Waals surface area contributed by atoms with Gasteiger partial charge < -0.3 is 20.1 Å². The molecule has 0 amide bonds. The lowest BCUT2D eigenvalue weighted by Crippen LogP contribution is -2.29. The molecular formula is C93H156NO8P. The van der Waals surface area contributed by atoms with Crippen LogP contribution in [0.1, 0.15) is 361 Å². The Morgan fingerprint density at radius 2 is 0.505 bits per heavy atom. The maximum absolute atomic E-state index is 12.8. The number of rotatable bonds is 78. The molecule has 2 unspecified atom stereocenters. The van der Waals surface area contributed by atoms with E-state index in [9.17, 15) is 19.0 Å². The molecule has 0 rings (SSSR count). The lowest BCUT2D eigenvalue weighted by atomic mass is 10.0. The predicted molar refractivity (Wildman–Crippen MR) is 449 cm³/mol. The van der Waals surface area contributed by atoms with Gasteiger partial charge in [0.1, 0.15) is 6.61 Å². The smallest absolute Gasteiger partial charge is 0.462 e. The monoisotopic (exact) mass is 1450 g/mol. The molecule has 0 radical (unpaired) electrons. The number of phosphoric ester groups is 1. The van der Waals surface area contributed by atoms with E-state index in [-0.39, 0.29) is 38.6 Å². The number of ether oxygens (including phenoxy) is 2. The Bertz CT molecular complexity index is 2360. The molecule has 0 bridgehead atoms. The van der Waals surface area contributed by atoms with E-state index in [0.717, 1.165) is 135 Å². The Morgan fingerprint density at radius 3 is 0.748 bits per heavy atom. The fourth-order valence-electron chi connectivity index (χ4n) is 11.6. The second-order valence-corrected chi connectivity index (χ2v) is 29.0. The molecule has 0 spiro atoms. The fraction of sp³-hybridized carbons (Fsp3) is 0.656. The summed E-state index contributed by atoms with van der Waals surface area (Å²) in [5.41, 5.74) is 5.42. The summed E-state index contributed by atoms with van der Waals surface area (Å²) in [6.45, 7) is 3.54. The normalized spacial score (nSPS) is 13.8. The summed E-state index contributed by atoms with van der Waals surface area (Å²) in [6.07, 6.45) is 129. The number of phosphoric acid groups is 1. The first kappa shape index (κ1) is 98.1. The van der Waals surface area contributed by atoms with Gasteiger partial charge in [-0.3, -0.25) is 18.6 Å². The highest BCUT2D eigenvalue weighted by molar-refractivity contribution is 7.47. The van der Waals surface area contributed by atoms with Crippen molar-refractivity contribution in [2.24, 2.45) is 5.73 Å². The van der Waals surface area contributed by atoms with E-state index in [2.05, 4.69) is 196 Å². The van der Waals surface area contributed by atoms with Crippen molar-refractivity contribution < 1.29 is 37.6 Å². The Kier molecular flexibility index (Phi) is 81.9. The third kappa shape index (κ3) is 85.9. The third-order valence-corrected chi connectivity index (χ3v) is 18.8. The molecule has 0 aliphatic heterocycles. The zero-order chi connectivity index (χ0) is 74.3. The maximum Gasteiger partial charge on any atom is 0.472 e. The molecule has 10 heteroatoms. The van der Waals surface area contributed by atoms with E-state index in [1.807, 2.05) is 0 Å². The van der Waals surface area contributed by atoms with Gasteiger partial charge in [0.2, 0.25) is 0 Å². The zero-order valence-corrected chi connectivity index (χ0v) is 67.1. The predicted octanol–water partition coefficient (Wildman–Crippen LogP) is 29.0. The summed E-state index contributed by atoms with van der Waals surface area (Å²) in [7, 11) is -4.41. The van der Waals surface area contributed by atoms with E-state index >= 15 is 0 Å². The van der Waals surface area contributed by atoms with Crippen molar-refractivity contribution in [1.82, 2.24) is 0 Å². The van der Waals surface area contributed by atoms with E-state index in [0.29, 0.717) is 6.42 Å². The summed E-state index contributed by atoms with van der Waals surface area (Å²) in [4.78, 5) is 35.5. The molecule has 0 aromatic rings. The molecule has 0 aromatic carbocycles. The van der Waals surface area contributed by atoms with Crippen molar-refractivity contribution in [1.29, 1.82) is 0 Å². The summed E-state index contributed by atoms with van der Waals surface area (Å²) in [5.74, 6) is -0.820. The zero-order valence-electron chi connectivity index (χ0n) is 66.2. The van der Waals surface area contributed by atoms with E-state index in [1.165, 1.54) is 193 Å². The summed E-state index contributed by atoms with van der Waals surface area (Å²) in [6, 6.07) is 0. The molecule has 3 N–H and O–H groups in total. The van der Waals surface area contributed by atoms with E-state index in [1.54, 1.807) is 0 Å². The highest BCUT2D eigenvalue weighted by Crippen LogP contribution is 2.43. The number of hydrogen-bond acceptors (Lipinski definition) is 8. The van der Waals surface area contributed by atoms with Crippen molar-refractivity contribution in [2.75, 3.05) is 26.4 Å². The first-order valence-corrected chi connectivity index (χ1v) is 43.8. The third-order valence-electron chi connectivity index (χ3n) is 17.8. The molecule has 103 heavy (non-hydrogen) atoms. The van der Waals surface area contributed by atoms with Crippen molar-refractivity contribution >= 4 is 19.8 Å². The van der Waals surface area contributed by atoms with Crippen LogP contribution in [0, 0.1) is 0 Å². The number of esters is 2. The van der Waals surface area contributed by atoms with Gasteiger partial charge in [-0.15, -0.1) is 0 Å². The Hall–Kier alpha value is -4.89. The van der Waals surface area contributed by atoms with Gasteiger partial charge >= 0.3 is 19.8 Å². The van der Waals surface area contributed by atoms with Crippen LogP contribution in [0.2, 0.25) is 0 Å². The Morgan fingerprint density at radius 1 is 0.291 bits per heavy atom. The Labute approximate surface area is 634 Å². The molecule has 0 saturated carbocycles. The molecule has 0 aliphatic carbocycles. The first-order valence-electron chi connectivity index (χ1n) is 42.3. The lowest BCUT2D eigenvalue weighted by molar-refractivity contribution is -0.161. The number of allylic oxidation sites excluding steroid dienone is 30. The average Bonchev–Trinajstić information content (AvgIpc) is 0.970. The van der Waals surface area contributed by atoms with E-state index in [4.69, 9.17) is 24.3 Å². The summed E-state index contributed by atoms with van der Waals surface area (Å²) >= 11 is 0. The van der Waals surface area contributed by atoms with Crippen LogP contribution in [-0.4, -0.2) is 49.3 Å². The number of carbonyl (C=O) groups excluding carboxylic acids is 2. The van der Waals surface area contributed by atoms with Gasteiger partial charge in [-0.1, -0.05) is 395 Å². The molecular weight excluding hydrogens is 1290 g/mol. The van der Waals surface area contributed by atoms with Crippen molar-refractivity contribution in [3.05, 3.63) is 182 Å². The van der Waals surface area contributed by atoms with Gasteiger partial charge in [0.05, 0.1) is 13.2 Å². The topological polar surface area (TPSA) is 134 Å². The largest absolute Gasteiger partial charge is 0.472 e. The van der Waals surface area contributed by atoms with Crippen molar-refractivity contribution in [3.63, 3.8) is 0 Å². The van der Waals surface area contributed by atoms with Crippen LogP contribution in [0.3, 0.4) is 0 Å². The second kappa shape index (κ2) is 86.0. The van der Waals surface area contributed by atoms with Crippen molar-refractivity contribution in [3.8, 4) is 0 Å².